The lowest BCUT2D eigenvalue weighted by Gasteiger charge is -2.08. The number of halogens is 1. The van der Waals surface area contributed by atoms with Gasteiger partial charge in [0.25, 0.3) is 0 Å². The van der Waals surface area contributed by atoms with E-state index in [0.717, 1.165) is 5.56 Å². The van der Waals surface area contributed by atoms with Gasteiger partial charge >= 0.3 is 0 Å². The van der Waals surface area contributed by atoms with Crippen LogP contribution in [-0.2, 0) is 4.74 Å². The molecule has 1 unspecified atom stereocenters. The van der Waals surface area contributed by atoms with Crippen LogP contribution in [0.25, 0.3) is 0 Å². The van der Waals surface area contributed by atoms with Crippen LogP contribution >= 0.6 is 11.6 Å². The highest BCUT2D eigenvalue weighted by molar-refractivity contribution is 6.30. The van der Waals surface area contributed by atoms with Gasteiger partial charge in [0.1, 0.15) is 18.2 Å². The van der Waals surface area contributed by atoms with Crippen molar-refractivity contribution in [2.45, 2.75) is 6.10 Å². The molecule has 1 atom stereocenters. The Bertz CT molecular complexity index is 549. The van der Waals surface area contributed by atoms with Crippen molar-refractivity contribution in [3.63, 3.8) is 0 Å². The largest absolute Gasteiger partial charge is 0.468 e. The van der Waals surface area contributed by atoms with Gasteiger partial charge < -0.3 is 9.64 Å². The predicted octanol–water partition coefficient (Wildman–Crippen LogP) is 2.60. The van der Waals surface area contributed by atoms with E-state index in [0.29, 0.717) is 17.5 Å². The van der Waals surface area contributed by atoms with Crippen molar-refractivity contribution >= 4 is 11.6 Å². The van der Waals surface area contributed by atoms with Crippen LogP contribution in [0.5, 0.6) is 0 Å². The van der Waals surface area contributed by atoms with E-state index >= 15 is 0 Å². The minimum absolute atomic E-state index is 0.00559. The van der Waals surface area contributed by atoms with Crippen LogP contribution < -0.4 is 0 Å². The number of nitrogens with zero attached hydrogens (tertiary/aromatic N) is 3. The normalized spacial score (nSPS) is 17.9. The Morgan fingerprint density at radius 1 is 1.33 bits per heavy atom. The smallest absolute Gasteiger partial charge is 0.219 e. The minimum atomic E-state index is -0.182. The van der Waals surface area contributed by atoms with Crippen molar-refractivity contribution in [1.29, 1.82) is 10.5 Å². The maximum Gasteiger partial charge on any atom is 0.219 e. The van der Waals surface area contributed by atoms with Gasteiger partial charge in [-0.25, -0.2) is 0 Å². The maximum absolute atomic E-state index is 8.84. The molecule has 0 saturated carbocycles. The monoisotopic (exact) mass is 259 g/mol. The van der Waals surface area contributed by atoms with Crippen LogP contribution in [-0.4, -0.2) is 18.5 Å². The Morgan fingerprint density at radius 3 is 2.50 bits per heavy atom. The molecular weight excluding hydrogens is 250 g/mol. The first kappa shape index (κ1) is 12.3. The van der Waals surface area contributed by atoms with Crippen LogP contribution in [0.2, 0.25) is 5.02 Å². The number of benzene rings is 1. The zero-order valence-electron chi connectivity index (χ0n) is 9.72. The summed E-state index contributed by atoms with van der Waals surface area (Å²) < 4.78 is 5.66. The number of likely N-dealkylation sites (N-methyl/N-ethyl adjacent to an activating group) is 1. The standard InChI is InChI=1S/C13H10ClN3O/c1-17-8-12(9-2-4-11(14)5-3-9)18-13(17)10(6-15)7-16/h2-5,12H,8H2,1H3. The fourth-order valence-corrected chi connectivity index (χ4v) is 1.94. The summed E-state index contributed by atoms with van der Waals surface area (Å²) in [5.74, 6) is 0.333. The summed E-state index contributed by atoms with van der Waals surface area (Å²) >= 11 is 5.82. The SMILES string of the molecule is CN1CC(c2ccc(Cl)cc2)OC1=C(C#N)C#N. The van der Waals surface area contributed by atoms with Crippen molar-refractivity contribution in [1.82, 2.24) is 4.90 Å². The molecule has 1 aliphatic heterocycles. The van der Waals surface area contributed by atoms with E-state index in [1.165, 1.54) is 0 Å². The topological polar surface area (TPSA) is 60.0 Å². The van der Waals surface area contributed by atoms with E-state index in [1.807, 2.05) is 24.3 Å². The summed E-state index contributed by atoms with van der Waals surface area (Å²) in [7, 11) is 1.79. The second-order valence-electron chi connectivity index (χ2n) is 3.94. The third-order valence-corrected chi connectivity index (χ3v) is 2.97. The third kappa shape index (κ3) is 2.25. The molecule has 0 aliphatic carbocycles. The molecule has 0 aromatic heterocycles. The van der Waals surface area contributed by atoms with Crippen LogP contribution in [0.1, 0.15) is 11.7 Å². The Hall–Kier alpha value is -2.17. The number of allylic oxidation sites excluding steroid dienone is 1. The van der Waals surface area contributed by atoms with Gasteiger partial charge in [0.2, 0.25) is 5.88 Å². The highest BCUT2D eigenvalue weighted by Crippen LogP contribution is 2.31. The van der Waals surface area contributed by atoms with Gasteiger partial charge in [0.05, 0.1) is 6.54 Å². The first-order valence-electron chi connectivity index (χ1n) is 5.33. The molecule has 0 radical (unpaired) electrons. The number of ether oxygens (including phenoxy) is 1. The van der Waals surface area contributed by atoms with Gasteiger partial charge in [-0.15, -0.1) is 0 Å². The molecule has 18 heavy (non-hydrogen) atoms. The maximum atomic E-state index is 8.84. The Kier molecular flexibility index (Phi) is 3.41. The molecule has 1 aromatic rings. The molecule has 2 rings (SSSR count). The van der Waals surface area contributed by atoms with E-state index in [2.05, 4.69) is 0 Å². The molecule has 90 valence electrons. The summed E-state index contributed by atoms with van der Waals surface area (Å²) in [4.78, 5) is 1.76. The molecule has 1 aliphatic rings. The summed E-state index contributed by atoms with van der Waals surface area (Å²) in [5, 5.41) is 18.3. The fraction of sp³-hybridized carbons (Fsp3) is 0.231. The Morgan fingerprint density at radius 2 is 1.94 bits per heavy atom. The number of hydrogen-bond acceptors (Lipinski definition) is 4. The van der Waals surface area contributed by atoms with Crippen molar-refractivity contribution < 1.29 is 4.74 Å². The first-order chi connectivity index (χ1) is 8.65. The lowest BCUT2D eigenvalue weighted by molar-refractivity contribution is 0.163. The van der Waals surface area contributed by atoms with Gasteiger partial charge in [0.15, 0.2) is 5.57 Å². The van der Waals surface area contributed by atoms with Crippen molar-refractivity contribution in [3.8, 4) is 12.1 Å². The fourth-order valence-electron chi connectivity index (χ4n) is 1.81. The molecule has 5 heteroatoms. The molecule has 1 aromatic carbocycles. The van der Waals surface area contributed by atoms with Crippen LogP contribution in [0.15, 0.2) is 35.7 Å². The summed E-state index contributed by atoms with van der Waals surface area (Å²) in [5.41, 5.74) is 0.963. The number of nitriles is 2. The molecule has 1 saturated heterocycles. The Balaban J connectivity index is 2.27. The van der Waals surface area contributed by atoms with E-state index < -0.39 is 0 Å². The highest BCUT2D eigenvalue weighted by atomic mass is 35.5. The van der Waals surface area contributed by atoms with Crippen molar-refractivity contribution in [2.75, 3.05) is 13.6 Å². The summed E-state index contributed by atoms with van der Waals surface area (Å²) in [6.07, 6.45) is -0.182. The van der Waals surface area contributed by atoms with Crippen molar-refractivity contribution in [2.24, 2.45) is 0 Å². The number of rotatable bonds is 1. The van der Waals surface area contributed by atoms with Crippen LogP contribution in [0.3, 0.4) is 0 Å². The molecule has 1 heterocycles. The van der Waals surface area contributed by atoms with E-state index in [4.69, 9.17) is 26.9 Å². The highest BCUT2D eigenvalue weighted by Gasteiger charge is 2.29. The quantitative estimate of drug-likeness (QED) is 0.728. The second-order valence-corrected chi connectivity index (χ2v) is 4.38. The van der Waals surface area contributed by atoms with E-state index in [1.54, 1.807) is 24.1 Å². The van der Waals surface area contributed by atoms with Gasteiger partial charge in [-0.3, -0.25) is 0 Å². The van der Waals surface area contributed by atoms with Crippen LogP contribution in [0, 0.1) is 22.7 Å². The molecule has 0 spiro atoms. The van der Waals surface area contributed by atoms with Crippen molar-refractivity contribution in [3.05, 3.63) is 46.3 Å². The van der Waals surface area contributed by atoms with Crippen LogP contribution in [0.4, 0.5) is 0 Å². The zero-order valence-corrected chi connectivity index (χ0v) is 10.5. The molecule has 0 amide bonds. The molecule has 0 N–H and O–H groups in total. The molecular formula is C13H10ClN3O. The molecule has 4 nitrogen and oxygen atoms in total. The predicted molar refractivity (Wildman–Crippen MR) is 66.2 cm³/mol. The van der Waals surface area contributed by atoms with Gasteiger partial charge in [-0.05, 0) is 17.7 Å². The van der Waals surface area contributed by atoms with Gasteiger partial charge in [0, 0.05) is 12.1 Å². The van der Waals surface area contributed by atoms with E-state index in [-0.39, 0.29) is 11.7 Å². The summed E-state index contributed by atoms with van der Waals surface area (Å²) in [6.45, 7) is 0.601. The lowest BCUT2D eigenvalue weighted by Crippen LogP contribution is -2.13. The summed E-state index contributed by atoms with van der Waals surface area (Å²) in [6, 6.07) is 11.0. The number of hydrogen-bond donors (Lipinski definition) is 0. The van der Waals surface area contributed by atoms with E-state index in [9.17, 15) is 0 Å². The second kappa shape index (κ2) is 5.00. The minimum Gasteiger partial charge on any atom is -0.468 e. The third-order valence-electron chi connectivity index (χ3n) is 2.72. The zero-order chi connectivity index (χ0) is 13.1. The van der Waals surface area contributed by atoms with Gasteiger partial charge in [-0.2, -0.15) is 10.5 Å². The molecule has 0 bridgehead atoms. The average Bonchev–Trinajstić information content (AvgIpc) is 2.74. The average molecular weight is 260 g/mol. The Labute approximate surface area is 110 Å². The lowest BCUT2D eigenvalue weighted by atomic mass is 10.1. The van der Waals surface area contributed by atoms with Gasteiger partial charge in [-0.1, -0.05) is 23.7 Å². The first-order valence-corrected chi connectivity index (χ1v) is 5.71. The molecule has 1 fully saturated rings.